The van der Waals surface area contributed by atoms with Gasteiger partial charge in [-0.05, 0) is 43.7 Å². The molecule has 0 bridgehead atoms. The van der Waals surface area contributed by atoms with Crippen LogP contribution in [0.2, 0.25) is 0 Å². The van der Waals surface area contributed by atoms with Crippen molar-refractivity contribution in [3.05, 3.63) is 54.1 Å². The smallest absolute Gasteiger partial charge is 0.256 e. The third kappa shape index (κ3) is 3.11. The Hall–Kier alpha value is -2.82. The number of imide groups is 1. The van der Waals surface area contributed by atoms with Crippen molar-refractivity contribution in [2.24, 2.45) is 0 Å². The van der Waals surface area contributed by atoms with Crippen LogP contribution in [0.15, 0.2) is 48.5 Å². The Morgan fingerprint density at radius 3 is 2.71 bits per heavy atom. The number of aryl methyl sites for hydroxylation is 1. The maximum Gasteiger partial charge on any atom is 0.256 e. The number of hydrogen-bond donors (Lipinski definition) is 1. The van der Waals surface area contributed by atoms with Gasteiger partial charge in [0.2, 0.25) is 5.91 Å². The third-order valence-electron chi connectivity index (χ3n) is 3.92. The third-order valence-corrected chi connectivity index (χ3v) is 3.92. The molecule has 1 aliphatic rings. The summed E-state index contributed by atoms with van der Waals surface area (Å²) in [6.45, 7) is 4.37. The van der Waals surface area contributed by atoms with Crippen molar-refractivity contribution in [1.82, 2.24) is 0 Å². The van der Waals surface area contributed by atoms with Crippen LogP contribution >= 0.6 is 0 Å². The molecule has 2 aromatic rings. The van der Waals surface area contributed by atoms with Crippen LogP contribution in [0.5, 0.6) is 5.75 Å². The lowest BCUT2D eigenvalue weighted by molar-refractivity contribution is -0.121. The summed E-state index contributed by atoms with van der Waals surface area (Å²) < 4.78 is 5.56. The summed E-state index contributed by atoms with van der Waals surface area (Å²) in [5, 5.41) is 3.15. The zero-order valence-electron chi connectivity index (χ0n) is 13.8. The average Bonchev–Trinajstić information content (AvgIpc) is 2.83. The largest absolute Gasteiger partial charge is 0.492 e. The Kier molecular flexibility index (Phi) is 4.51. The molecule has 2 amide bonds. The minimum Gasteiger partial charge on any atom is -0.492 e. The Morgan fingerprint density at radius 1 is 1.17 bits per heavy atom. The van der Waals surface area contributed by atoms with E-state index in [2.05, 4.69) is 5.32 Å². The van der Waals surface area contributed by atoms with Gasteiger partial charge in [0, 0.05) is 0 Å². The molecule has 2 aromatic carbocycles. The fourth-order valence-electron chi connectivity index (χ4n) is 2.84. The summed E-state index contributed by atoms with van der Waals surface area (Å²) in [5.41, 5.74) is 2.34. The van der Waals surface area contributed by atoms with E-state index in [4.69, 9.17) is 4.74 Å². The van der Waals surface area contributed by atoms with Gasteiger partial charge in [-0.2, -0.15) is 0 Å². The fraction of sp³-hybridized carbons (Fsp3) is 0.263. The maximum atomic E-state index is 12.7. The highest BCUT2D eigenvalue weighted by molar-refractivity contribution is 6.23. The van der Waals surface area contributed by atoms with E-state index in [-0.39, 0.29) is 18.2 Å². The molecule has 1 aliphatic heterocycles. The summed E-state index contributed by atoms with van der Waals surface area (Å²) in [4.78, 5) is 26.3. The van der Waals surface area contributed by atoms with E-state index in [0.717, 1.165) is 11.3 Å². The first kappa shape index (κ1) is 16.1. The molecule has 1 N–H and O–H groups in total. The van der Waals surface area contributed by atoms with Crippen LogP contribution in [0.3, 0.4) is 0 Å². The zero-order chi connectivity index (χ0) is 17.1. The first-order valence-corrected chi connectivity index (χ1v) is 8.02. The van der Waals surface area contributed by atoms with Crippen LogP contribution in [0, 0.1) is 6.92 Å². The summed E-state index contributed by atoms with van der Waals surface area (Å²) in [6, 6.07) is 14.2. The lowest BCUT2D eigenvalue weighted by Crippen LogP contribution is -2.34. The second kappa shape index (κ2) is 6.74. The summed E-state index contributed by atoms with van der Waals surface area (Å²) in [7, 11) is 0. The van der Waals surface area contributed by atoms with E-state index in [9.17, 15) is 9.59 Å². The number of ether oxygens (including phenoxy) is 1. The molecule has 5 nitrogen and oxygen atoms in total. The van der Waals surface area contributed by atoms with Crippen molar-refractivity contribution >= 4 is 23.2 Å². The zero-order valence-corrected chi connectivity index (χ0v) is 13.8. The monoisotopic (exact) mass is 324 g/mol. The quantitative estimate of drug-likeness (QED) is 0.859. The molecule has 5 heteroatoms. The molecule has 1 heterocycles. The van der Waals surface area contributed by atoms with Crippen LogP contribution in [0.4, 0.5) is 11.4 Å². The average molecular weight is 324 g/mol. The standard InChI is InChI=1S/C19H20N2O3/c1-3-24-17-10-5-4-9-15(17)20-16-12-18(22)21(19(16)23)14-8-6-7-13(2)11-14/h4-11,16,20H,3,12H2,1-2H3/t16-/m1/s1. The minimum absolute atomic E-state index is 0.132. The second-order valence-corrected chi connectivity index (χ2v) is 5.74. The van der Waals surface area contributed by atoms with Crippen molar-refractivity contribution in [1.29, 1.82) is 0 Å². The number of para-hydroxylation sites is 2. The van der Waals surface area contributed by atoms with Crippen molar-refractivity contribution in [3.8, 4) is 5.75 Å². The predicted molar refractivity (Wildman–Crippen MR) is 93.3 cm³/mol. The topological polar surface area (TPSA) is 58.6 Å². The van der Waals surface area contributed by atoms with Gasteiger partial charge in [0.05, 0.1) is 24.4 Å². The van der Waals surface area contributed by atoms with Crippen molar-refractivity contribution < 1.29 is 14.3 Å². The van der Waals surface area contributed by atoms with Gasteiger partial charge in [0.15, 0.2) is 0 Å². The van der Waals surface area contributed by atoms with E-state index in [1.165, 1.54) is 4.90 Å². The molecular formula is C19H20N2O3. The van der Waals surface area contributed by atoms with Gasteiger partial charge in [-0.3, -0.25) is 9.59 Å². The van der Waals surface area contributed by atoms with E-state index in [1.54, 1.807) is 6.07 Å². The number of nitrogens with zero attached hydrogens (tertiary/aromatic N) is 1. The first-order valence-electron chi connectivity index (χ1n) is 8.02. The van der Waals surface area contributed by atoms with Crippen LogP contribution < -0.4 is 15.0 Å². The van der Waals surface area contributed by atoms with Gasteiger partial charge in [-0.15, -0.1) is 0 Å². The molecule has 0 unspecified atom stereocenters. The molecule has 0 aromatic heterocycles. The van der Waals surface area contributed by atoms with Gasteiger partial charge in [0.25, 0.3) is 5.91 Å². The number of nitrogens with one attached hydrogen (secondary N) is 1. The number of rotatable bonds is 5. The number of anilines is 2. The van der Waals surface area contributed by atoms with Gasteiger partial charge in [-0.1, -0.05) is 24.3 Å². The van der Waals surface area contributed by atoms with Crippen LogP contribution in [0.1, 0.15) is 18.9 Å². The Balaban J connectivity index is 1.82. The fourth-order valence-corrected chi connectivity index (χ4v) is 2.84. The molecule has 0 spiro atoms. The second-order valence-electron chi connectivity index (χ2n) is 5.74. The highest BCUT2D eigenvalue weighted by Gasteiger charge is 2.39. The Labute approximate surface area is 141 Å². The Morgan fingerprint density at radius 2 is 1.96 bits per heavy atom. The number of benzene rings is 2. The van der Waals surface area contributed by atoms with Gasteiger partial charge >= 0.3 is 0 Å². The summed E-state index contributed by atoms with van der Waals surface area (Å²) in [6.07, 6.45) is 0.132. The van der Waals surface area contributed by atoms with E-state index >= 15 is 0 Å². The predicted octanol–water partition coefficient (Wildman–Crippen LogP) is 3.14. The first-order chi connectivity index (χ1) is 11.6. The molecule has 3 rings (SSSR count). The van der Waals surface area contributed by atoms with Gasteiger partial charge < -0.3 is 10.1 Å². The molecule has 1 atom stereocenters. The van der Waals surface area contributed by atoms with Crippen LogP contribution in [-0.2, 0) is 9.59 Å². The van der Waals surface area contributed by atoms with Crippen molar-refractivity contribution in [3.63, 3.8) is 0 Å². The van der Waals surface area contributed by atoms with Gasteiger partial charge in [0.1, 0.15) is 11.8 Å². The number of carbonyl (C=O) groups is 2. The minimum atomic E-state index is -0.584. The number of carbonyl (C=O) groups excluding carboxylic acids is 2. The van der Waals surface area contributed by atoms with Crippen LogP contribution in [-0.4, -0.2) is 24.5 Å². The highest BCUT2D eigenvalue weighted by Crippen LogP contribution is 2.29. The summed E-state index contributed by atoms with van der Waals surface area (Å²) >= 11 is 0. The lowest BCUT2D eigenvalue weighted by Gasteiger charge is -2.18. The van der Waals surface area contributed by atoms with Crippen molar-refractivity contribution in [2.75, 3.05) is 16.8 Å². The normalized spacial score (nSPS) is 17.2. The lowest BCUT2D eigenvalue weighted by atomic mass is 10.2. The number of hydrogen-bond acceptors (Lipinski definition) is 4. The molecule has 124 valence electrons. The number of amides is 2. The molecular weight excluding hydrogens is 304 g/mol. The SMILES string of the molecule is CCOc1ccccc1N[C@@H]1CC(=O)N(c2cccc(C)c2)C1=O. The Bertz CT molecular complexity index is 773. The van der Waals surface area contributed by atoms with Gasteiger partial charge in [-0.25, -0.2) is 4.90 Å². The van der Waals surface area contributed by atoms with E-state index < -0.39 is 6.04 Å². The van der Waals surface area contributed by atoms with Crippen LogP contribution in [0.25, 0.3) is 0 Å². The van der Waals surface area contributed by atoms with E-state index in [0.29, 0.717) is 18.0 Å². The molecule has 0 saturated carbocycles. The highest BCUT2D eigenvalue weighted by atomic mass is 16.5. The molecule has 0 radical (unpaired) electrons. The summed E-state index contributed by atoms with van der Waals surface area (Å²) in [5.74, 6) is 0.239. The molecule has 1 fully saturated rings. The molecule has 0 aliphatic carbocycles. The molecule has 1 saturated heterocycles. The van der Waals surface area contributed by atoms with E-state index in [1.807, 2.05) is 56.3 Å². The molecule has 24 heavy (non-hydrogen) atoms. The van der Waals surface area contributed by atoms with Crippen molar-refractivity contribution in [2.45, 2.75) is 26.3 Å². The maximum absolute atomic E-state index is 12.7.